The quantitative estimate of drug-likeness (QED) is 0.378. The molecule has 0 saturated heterocycles. The first-order chi connectivity index (χ1) is 11.3. The Balaban J connectivity index is 2.36. The van der Waals surface area contributed by atoms with E-state index in [4.69, 9.17) is 17.4 Å². The molecule has 1 amide bonds. The molecule has 0 bridgehead atoms. The van der Waals surface area contributed by atoms with Gasteiger partial charge in [-0.15, -0.1) is 0 Å². The van der Waals surface area contributed by atoms with Crippen LogP contribution in [-0.4, -0.2) is 19.3 Å². The van der Waals surface area contributed by atoms with Crippen molar-refractivity contribution in [3.05, 3.63) is 58.7 Å². The molecule has 0 aliphatic heterocycles. The normalized spacial score (nSPS) is 11.6. The lowest BCUT2D eigenvalue weighted by Crippen LogP contribution is -2.31. The van der Waals surface area contributed by atoms with Crippen LogP contribution in [0.15, 0.2) is 52.3 Å². The second-order valence-electron chi connectivity index (χ2n) is 5.31. The van der Waals surface area contributed by atoms with Gasteiger partial charge >= 0.3 is 0 Å². The van der Waals surface area contributed by atoms with Gasteiger partial charge in [-0.1, -0.05) is 29.3 Å². The lowest BCUT2D eigenvalue weighted by atomic mass is 10.2. The second kappa shape index (κ2) is 5.94. The highest BCUT2D eigenvalue weighted by Gasteiger charge is 2.29. The van der Waals surface area contributed by atoms with Crippen LogP contribution in [0.3, 0.4) is 0 Å². The molecule has 0 radical (unpaired) electrons. The molecule has 6 nitrogen and oxygen atoms in total. The Morgan fingerprint density at radius 3 is 2.46 bits per heavy atom. The maximum Gasteiger partial charge on any atom is 0.282 e. The van der Waals surface area contributed by atoms with Gasteiger partial charge in [0, 0.05) is 15.9 Å². The minimum atomic E-state index is -3.95. The smallest absolute Gasteiger partial charge is 0.282 e. The zero-order valence-corrected chi connectivity index (χ0v) is 14.2. The fourth-order valence-corrected chi connectivity index (χ4v) is 4.26. The standard InChI is InChI=1S/C16H14ClN3O3S/c1-9-2-5-11(6-3-9)24(22,23)15-12-8-10(17)4-7-13(12)19-14(15)16(21)20-18/h2-8,19H,18H2,1H3,(H,20,21). The molecule has 0 aliphatic rings. The molecule has 3 rings (SSSR count). The van der Waals surface area contributed by atoms with E-state index in [2.05, 4.69) is 4.98 Å². The molecular formula is C16H14ClN3O3S. The molecule has 0 aliphatic carbocycles. The predicted molar refractivity (Wildman–Crippen MR) is 91.6 cm³/mol. The number of nitrogen functional groups attached to an aromatic ring is 1. The number of H-pyrrole nitrogens is 1. The first kappa shape index (κ1) is 16.5. The zero-order valence-electron chi connectivity index (χ0n) is 12.6. The molecule has 0 fully saturated rings. The second-order valence-corrected chi connectivity index (χ2v) is 7.63. The third-order valence-corrected chi connectivity index (χ3v) is 5.76. The number of carbonyl (C=O) groups excluding carboxylic acids is 1. The van der Waals surface area contributed by atoms with Crippen LogP contribution >= 0.6 is 11.6 Å². The number of nitrogens with two attached hydrogens (primary N) is 1. The monoisotopic (exact) mass is 363 g/mol. The number of hydrazine groups is 1. The summed E-state index contributed by atoms with van der Waals surface area (Å²) in [6.45, 7) is 1.86. The van der Waals surface area contributed by atoms with Crippen LogP contribution in [-0.2, 0) is 9.84 Å². The third kappa shape index (κ3) is 2.66. The van der Waals surface area contributed by atoms with Crippen molar-refractivity contribution in [2.45, 2.75) is 16.7 Å². The van der Waals surface area contributed by atoms with Crippen LogP contribution in [0.5, 0.6) is 0 Å². The summed E-state index contributed by atoms with van der Waals surface area (Å²) in [5.41, 5.74) is 3.24. The van der Waals surface area contributed by atoms with Crippen molar-refractivity contribution in [3.8, 4) is 0 Å². The number of rotatable bonds is 3. The van der Waals surface area contributed by atoms with Gasteiger partial charge in [-0.3, -0.25) is 10.2 Å². The predicted octanol–water partition coefficient (Wildman–Crippen LogP) is 2.57. The Labute approximate surface area is 143 Å². The van der Waals surface area contributed by atoms with Crippen molar-refractivity contribution in [1.29, 1.82) is 0 Å². The molecule has 2 aromatic carbocycles. The molecule has 0 atom stereocenters. The molecule has 1 aromatic heterocycles. The van der Waals surface area contributed by atoms with Gasteiger partial charge in [0.25, 0.3) is 5.91 Å². The highest BCUT2D eigenvalue weighted by molar-refractivity contribution is 7.91. The van der Waals surface area contributed by atoms with Gasteiger partial charge in [0.15, 0.2) is 0 Å². The summed E-state index contributed by atoms with van der Waals surface area (Å²) < 4.78 is 26.2. The van der Waals surface area contributed by atoms with Gasteiger partial charge in [-0.25, -0.2) is 14.3 Å². The Bertz CT molecular complexity index is 1040. The van der Waals surface area contributed by atoms with Gasteiger partial charge in [0.1, 0.15) is 10.6 Å². The Morgan fingerprint density at radius 1 is 1.17 bits per heavy atom. The lowest BCUT2D eigenvalue weighted by Gasteiger charge is -2.07. The van der Waals surface area contributed by atoms with Crippen molar-refractivity contribution < 1.29 is 13.2 Å². The molecule has 0 saturated carbocycles. The van der Waals surface area contributed by atoms with Gasteiger partial charge in [-0.2, -0.15) is 0 Å². The van der Waals surface area contributed by atoms with Crippen molar-refractivity contribution in [1.82, 2.24) is 10.4 Å². The third-order valence-electron chi connectivity index (χ3n) is 3.67. The molecule has 4 N–H and O–H groups in total. The van der Waals surface area contributed by atoms with E-state index in [1.807, 2.05) is 12.3 Å². The fourth-order valence-electron chi connectivity index (χ4n) is 2.49. The molecule has 8 heteroatoms. The summed E-state index contributed by atoms with van der Waals surface area (Å²) >= 11 is 6.00. The molecule has 24 heavy (non-hydrogen) atoms. The van der Waals surface area contributed by atoms with Crippen LogP contribution in [0.4, 0.5) is 0 Å². The van der Waals surface area contributed by atoms with Crippen molar-refractivity contribution in [2.24, 2.45) is 5.84 Å². The first-order valence-corrected chi connectivity index (χ1v) is 8.84. The van der Waals surface area contributed by atoms with Crippen LogP contribution in [0.25, 0.3) is 10.9 Å². The number of aromatic amines is 1. The number of sulfone groups is 1. The number of aryl methyl sites for hydroxylation is 1. The molecule has 124 valence electrons. The number of fused-ring (bicyclic) bond motifs is 1. The Kier molecular flexibility index (Phi) is 4.08. The topological polar surface area (TPSA) is 105 Å². The number of halogens is 1. The molecule has 0 spiro atoms. The van der Waals surface area contributed by atoms with Crippen molar-refractivity contribution in [3.63, 3.8) is 0 Å². The van der Waals surface area contributed by atoms with Crippen LogP contribution < -0.4 is 11.3 Å². The van der Waals surface area contributed by atoms with Crippen molar-refractivity contribution >= 4 is 38.2 Å². The van der Waals surface area contributed by atoms with E-state index in [1.165, 1.54) is 18.2 Å². The summed E-state index contributed by atoms with van der Waals surface area (Å²) in [6, 6.07) is 11.1. The van der Waals surface area contributed by atoms with Crippen molar-refractivity contribution in [2.75, 3.05) is 0 Å². The number of amides is 1. The van der Waals surface area contributed by atoms with Crippen LogP contribution in [0.2, 0.25) is 5.02 Å². The number of hydrogen-bond acceptors (Lipinski definition) is 4. The summed E-state index contributed by atoms with van der Waals surface area (Å²) in [4.78, 5) is 14.8. The van der Waals surface area contributed by atoms with E-state index in [-0.39, 0.29) is 15.5 Å². The summed E-state index contributed by atoms with van der Waals surface area (Å²) in [6.07, 6.45) is 0. The minimum Gasteiger partial charge on any atom is -0.349 e. The van der Waals surface area contributed by atoms with E-state index in [0.717, 1.165) is 5.56 Å². The van der Waals surface area contributed by atoms with Gasteiger partial charge < -0.3 is 4.98 Å². The highest BCUT2D eigenvalue weighted by Crippen LogP contribution is 2.33. The summed E-state index contributed by atoms with van der Waals surface area (Å²) in [7, 11) is -3.95. The number of carbonyl (C=O) groups is 1. The average Bonchev–Trinajstić information content (AvgIpc) is 2.93. The Morgan fingerprint density at radius 2 is 1.83 bits per heavy atom. The van der Waals surface area contributed by atoms with Crippen LogP contribution in [0.1, 0.15) is 16.1 Å². The number of nitrogens with one attached hydrogen (secondary N) is 2. The zero-order chi connectivity index (χ0) is 17.5. The first-order valence-electron chi connectivity index (χ1n) is 6.98. The fraction of sp³-hybridized carbons (Fsp3) is 0.0625. The van der Waals surface area contributed by atoms with Gasteiger partial charge in [0.2, 0.25) is 9.84 Å². The number of benzene rings is 2. The molecule has 3 aromatic rings. The number of hydrogen-bond donors (Lipinski definition) is 3. The van der Waals surface area contributed by atoms with E-state index in [9.17, 15) is 13.2 Å². The average molecular weight is 364 g/mol. The largest absolute Gasteiger partial charge is 0.349 e. The summed E-state index contributed by atoms with van der Waals surface area (Å²) in [5.74, 6) is 4.46. The maximum atomic E-state index is 13.1. The number of aromatic nitrogens is 1. The summed E-state index contributed by atoms with van der Waals surface area (Å²) in [5, 5.41) is 0.697. The van der Waals surface area contributed by atoms with Gasteiger partial charge in [0.05, 0.1) is 4.90 Å². The Hall–Kier alpha value is -2.35. The lowest BCUT2D eigenvalue weighted by molar-refractivity contribution is 0.0946. The van der Waals surface area contributed by atoms with E-state index >= 15 is 0 Å². The SMILES string of the molecule is Cc1ccc(S(=O)(=O)c2c(C(=O)NN)[nH]c3ccc(Cl)cc23)cc1. The highest BCUT2D eigenvalue weighted by atomic mass is 35.5. The van der Waals surface area contributed by atoms with Gasteiger partial charge in [-0.05, 0) is 37.3 Å². The molecule has 1 heterocycles. The molecular weight excluding hydrogens is 350 g/mol. The van der Waals surface area contributed by atoms with Crippen LogP contribution in [0, 0.1) is 6.92 Å². The van der Waals surface area contributed by atoms with E-state index < -0.39 is 15.7 Å². The maximum absolute atomic E-state index is 13.1. The minimum absolute atomic E-state index is 0.0834. The molecule has 0 unspecified atom stereocenters. The van der Waals surface area contributed by atoms with E-state index in [1.54, 1.807) is 24.3 Å². The van der Waals surface area contributed by atoms with E-state index in [0.29, 0.717) is 15.9 Å².